The lowest BCUT2D eigenvalue weighted by Gasteiger charge is -2.24. The van der Waals surface area contributed by atoms with Gasteiger partial charge in [0.1, 0.15) is 0 Å². The standard InChI is InChI=1S/C22H26ClNO/c23-21-8-4-7-20-19(21)10-9-16(13-22(20)25)14-24-12-11-18(15-24)17-5-2-1-3-6-17/h1-8,16,18,22,25H,9-15H2. The van der Waals surface area contributed by atoms with Gasteiger partial charge in [0, 0.05) is 18.1 Å². The number of benzene rings is 2. The molecule has 1 aliphatic carbocycles. The van der Waals surface area contributed by atoms with Crippen molar-refractivity contribution in [2.45, 2.75) is 37.7 Å². The Kier molecular flexibility index (Phi) is 5.12. The van der Waals surface area contributed by atoms with Gasteiger partial charge < -0.3 is 10.0 Å². The summed E-state index contributed by atoms with van der Waals surface area (Å²) in [5, 5.41) is 11.5. The van der Waals surface area contributed by atoms with Crippen LogP contribution in [0.25, 0.3) is 0 Å². The molecule has 1 N–H and O–H groups in total. The maximum absolute atomic E-state index is 10.7. The highest BCUT2D eigenvalue weighted by Gasteiger charge is 2.29. The smallest absolute Gasteiger partial charge is 0.0796 e. The normalized spacial score (nSPS) is 27.0. The lowest BCUT2D eigenvalue weighted by Crippen LogP contribution is -2.28. The van der Waals surface area contributed by atoms with E-state index in [4.69, 9.17) is 11.6 Å². The van der Waals surface area contributed by atoms with E-state index in [1.165, 1.54) is 18.5 Å². The van der Waals surface area contributed by atoms with Crippen LogP contribution in [0.5, 0.6) is 0 Å². The van der Waals surface area contributed by atoms with Gasteiger partial charge in [-0.1, -0.05) is 54.1 Å². The molecule has 25 heavy (non-hydrogen) atoms. The van der Waals surface area contributed by atoms with Gasteiger partial charge in [-0.3, -0.25) is 0 Å². The van der Waals surface area contributed by atoms with Crippen LogP contribution in [0, 0.1) is 5.92 Å². The van der Waals surface area contributed by atoms with E-state index < -0.39 is 0 Å². The SMILES string of the molecule is OC1CC(CN2CCC(c3ccccc3)C2)CCc2c(Cl)cccc21. The fourth-order valence-electron chi connectivity index (χ4n) is 4.59. The Labute approximate surface area is 155 Å². The summed E-state index contributed by atoms with van der Waals surface area (Å²) in [6, 6.07) is 16.8. The highest BCUT2D eigenvalue weighted by Crippen LogP contribution is 2.36. The number of nitrogens with zero attached hydrogens (tertiary/aromatic N) is 1. The van der Waals surface area contributed by atoms with E-state index in [1.54, 1.807) is 0 Å². The number of likely N-dealkylation sites (tertiary alicyclic amines) is 1. The van der Waals surface area contributed by atoms with Crippen LogP contribution in [0.4, 0.5) is 0 Å². The van der Waals surface area contributed by atoms with E-state index in [0.29, 0.717) is 11.8 Å². The minimum absolute atomic E-state index is 0.381. The maximum Gasteiger partial charge on any atom is 0.0796 e. The molecule has 3 atom stereocenters. The molecule has 0 bridgehead atoms. The summed E-state index contributed by atoms with van der Waals surface area (Å²) < 4.78 is 0. The molecule has 3 heteroatoms. The van der Waals surface area contributed by atoms with Crippen molar-refractivity contribution < 1.29 is 5.11 Å². The number of aliphatic hydroxyl groups is 1. The van der Waals surface area contributed by atoms with E-state index in [2.05, 4.69) is 35.2 Å². The van der Waals surface area contributed by atoms with Crippen LogP contribution >= 0.6 is 11.6 Å². The van der Waals surface area contributed by atoms with Crippen LogP contribution in [0.3, 0.4) is 0 Å². The van der Waals surface area contributed by atoms with E-state index in [9.17, 15) is 5.11 Å². The first-order valence-corrected chi connectivity index (χ1v) is 9.81. The van der Waals surface area contributed by atoms with Gasteiger partial charge in [0.15, 0.2) is 0 Å². The second-order valence-electron chi connectivity index (χ2n) is 7.62. The summed E-state index contributed by atoms with van der Waals surface area (Å²) in [7, 11) is 0. The van der Waals surface area contributed by atoms with Gasteiger partial charge in [0.05, 0.1) is 6.10 Å². The zero-order valence-electron chi connectivity index (χ0n) is 14.6. The zero-order valence-corrected chi connectivity index (χ0v) is 15.3. The third-order valence-electron chi connectivity index (χ3n) is 5.93. The molecule has 0 amide bonds. The predicted octanol–water partition coefficient (Wildman–Crippen LogP) is 4.82. The Morgan fingerprint density at radius 2 is 1.88 bits per heavy atom. The van der Waals surface area contributed by atoms with Gasteiger partial charge in [-0.05, 0) is 66.8 Å². The Morgan fingerprint density at radius 3 is 2.72 bits per heavy atom. The molecule has 0 spiro atoms. The summed E-state index contributed by atoms with van der Waals surface area (Å²) >= 11 is 6.36. The van der Waals surface area contributed by atoms with Crippen LogP contribution in [-0.2, 0) is 6.42 Å². The summed E-state index contributed by atoms with van der Waals surface area (Å²) in [5.74, 6) is 1.19. The molecule has 2 nitrogen and oxygen atoms in total. The van der Waals surface area contributed by atoms with Crippen LogP contribution in [0.15, 0.2) is 48.5 Å². The van der Waals surface area contributed by atoms with Gasteiger partial charge in [0.2, 0.25) is 0 Å². The number of aliphatic hydroxyl groups excluding tert-OH is 1. The Hall–Kier alpha value is -1.35. The third kappa shape index (κ3) is 3.76. The average molecular weight is 356 g/mol. The molecule has 4 rings (SSSR count). The van der Waals surface area contributed by atoms with Gasteiger partial charge in [0.25, 0.3) is 0 Å². The quantitative estimate of drug-likeness (QED) is 0.798. The van der Waals surface area contributed by atoms with Crippen molar-refractivity contribution in [1.29, 1.82) is 0 Å². The van der Waals surface area contributed by atoms with E-state index in [1.807, 2.05) is 18.2 Å². The molecule has 0 radical (unpaired) electrons. The molecule has 0 aromatic heterocycles. The first kappa shape index (κ1) is 17.1. The van der Waals surface area contributed by atoms with Crippen molar-refractivity contribution in [2.24, 2.45) is 5.92 Å². The first-order valence-electron chi connectivity index (χ1n) is 9.43. The minimum atomic E-state index is -0.381. The van der Waals surface area contributed by atoms with Crippen molar-refractivity contribution >= 4 is 11.6 Å². The molecule has 1 aliphatic heterocycles. The Bertz CT molecular complexity index is 717. The van der Waals surface area contributed by atoms with Gasteiger partial charge in [-0.15, -0.1) is 0 Å². The van der Waals surface area contributed by atoms with Crippen LogP contribution in [0.2, 0.25) is 5.02 Å². The zero-order chi connectivity index (χ0) is 17.2. The summed E-state index contributed by atoms with van der Waals surface area (Å²) in [5.41, 5.74) is 3.66. The van der Waals surface area contributed by atoms with E-state index in [0.717, 1.165) is 48.5 Å². The van der Waals surface area contributed by atoms with Gasteiger partial charge in [-0.25, -0.2) is 0 Å². The topological polar surface area (TPSA) is 23.5 Å². The lowest BCUT2D eigenvalue weighted by molar-refractivity contribution is 0.131. The molecule has 2 aliphatic rings. The highest BCUT2D eigenvalue weighted by molar-refractivity contribution is 6.31. The molecular formula is C22H26ClNO. The lowest BCUT2D eigenvalue weighted by atomic mass is 9.97. The second kappa shape index (κ2) is 7.49. The molecule has 1 fully saturated rings. The van der Waals surface area contributed by atoms with Gasteiger partial charge >= 0.3 is 0 Å². The molecular weight excluding hydrogens is 330 g/mol. The molecule has 132 valence electrons. The average Bonchev–Trinajstić information content (AvgIpc) is 3.02. The second-order valence-corrected chi connectivity index (χ2v) is 8.03. The summed E-state index contributed by atoms with van der Waals surface area (Å²) in [6.07, 6.45) is 3.80. The maximum atomic E-state index is 10.7. The third-order valence-corrected chi connectivity index (χ3v) is 6.29. The van der Waals surface area contributed by atoms with Crippen molar-refractivity contribution in [1.82, 2.24) is 4.90 Å². The number of halogens is 1. The summed E-state index contributed by atoms with van der Waals surface area (Å²) in [6.45, 7) is 3.40. The van der Waals surface area contributed by atoms with Crippen LogP contribution in [0.1, 0.15) is 48.0 Å². The van der Waals surface area contributed by atoms with Crippen LogP contribution < -0.4 is 0 Å². The van der Waals surface area contributed by atoms with Crippen molar-refractivity contribution in [3.63, 3.8) is 0 Å². The Balaban J connectivity index is 1.39. The van der Waals surface area contributed by atoms with Crippen molar-refractivity contribution in [2.75, 3.05) is 19.6 Å². The molecule has 1 heterocycles. The first-order chi connectivity index (χ1) is 12.2. The molecule has 3 unspecified atom stereocenters. The number of fused-ring (bicyclic) bond motifs is 1. The van der Waals surface area contributed by atoms with E-state index >= 15 is 0 Å². The minimum Gasteiger partial charge on any atom is -0.388 e. The molecule has 0 saturated carbocycles. The molecule has 2 aromatic rings. The number of hydrogen-bond acceptors (Lipinski definition) is 2. The molecule has 2 aromatic carbocycles. The fourth-order valence-corrected chi connectivity index (χ4v) is 4.86. The van der Waals surface area contributed by atoms with Gasteiger partial charge in [-0.2, -0.15) is 0 Å². The fraction of sp³-hybridized carbons (Fsp3) is 0.455. The predicted molar refractivity (Wildman–Crippen MR) is 103 cm³/mol. The number of hydrogen-bond donors (Lipinski definition) is 1. The monoisotopic (exact) mass is 355 g/mol. The summed E-state index contributed by atoms with van der Waals surface area (Å²) in [4.78, 5) is 2.59. The molecule has 1 saturated heterocycles. The van der Waals surface area contributed by atoms with E-state index in [-0.39, 0.29) is 6.10 Å². The van der Waals surface area contributed by atoms with Crippen molar-refractivity contribution in [3.05, 3.63) is 70.2 Å². The van der Waals surface area contributed by atoms with Crippen LogP contribution in [-0.4, -0.2) is 29.6 Å². The highest BCUT2D eigenvalue weighted by atomic mass is 35.5. The number of rotatable bonds is 3. The van der Waals surface area contributed by atoms with Crippen molar-refractivity contribution in [3.8, 4) is 0 Å². The largest absolute Gasteiger partial charge is 0.388 e. The Morgan fingerprint density at radius 1 is 1.04 bits per heavy atom.